The zero-order valence-corrected chi connectivity index (χ0v) is 34.6. The van der Waals surface area contributed by atoms with E-state index in [4.69, 9.17) is 22.3 Å². The summed E-state index contributed by atoms with van der Waals surface area (Å²) in [6, 6.07) is 12.6. The van der Waals surface area contributed by atoms with Crippen LogP contribution < -0.4 is 9.47 Å². The summed E-state index contributed by atoms with van der Waals surface area (Å²) in [4.78, 5) is 0. The smallest absolute Gasteiger partial charge is 0.134 e. The predicted molar refractivity (Wildman–Crippen MR) is 231 cm³/mol. The van der Waals surface area contributed by atoms with Crippen LogP contribution in [0, 0.1) is 72.1 Å². The molecule has 0 spiro atoms. The van der Waals surface area contributed by atoms with Crippen LogP contribution in [0.4, 0.5) is 0 Å². The molecule has 0 aliphatic rings. The number of hydrogen-bond donors (Lipinski definition) is 0. The van der Waals surface area contributed by atoms with Crippen LogP contribution in [0.1, 0.15) is 179 Å². The molecule has 0 fully saturated rings. The van der Waals surface area contributed by atoms with Gasteiger partial charge in [0.25, 0.3) is 0 Å². The van der Waals surface area contributed by atoms with Gasteiger partial charge in [-0.3, -0.25) is 0 Å². The van der Waals surface area contributed by atoms with Gasteiger partial charge in [-0.15, -0.1) is 12.8 Å². The Labute approximate surface area is 331 Å². The van der Waals surface area contributed by atoms with Gasteiger partial charge in [-0.1, -0.05) is 156 Å². The molecule has 2 nitrogen and oxygen atoms in total. The van der Waals surface area contributed by atoms with Crippen LogP contribution in [0.25, 0.3) is 0 Å². The lowest BCUT2D eigenvalue weighted by Crippen LogP contribution is -2.11. The standard InChI is InChI=1S/C52H66O2/c1-9-11-13-31-35-45-43-47(51(3,4)5)37-39-49(45)53-41-33-29-27-25-23-21-19-17-15-16-18-20-22-24-26-28-30-34-42-54-50-40-38-48(52(6,7)8)44-46(50)36-32-14-12-10-2/h1-2,37-40,43-44H,15-30,33-34,41-42H2,3-8H3. The number of ether oxygens (including phenoxy) is 2. The molecule has 0 aromatic heterocycles. The predicted octanol–water partition coefficient (Wildman–Crippen LogP) is 12.7. The highest BCUT2D eigenvalue weighted by atomic mass is 16.5. The highest BCUT2D eigenvalue weighted by Crippen LogP contribution is 2.29. The van der Waals surface area contributed by atoms with E-state index in [1.165, 1.54) is 114 Å². The minimum absolute atomic E-state index is 0.0454. The fourth-order valence-electron chi connectivity index (χ4n) is 6.17. The Kier molecular flexibility index (Phi) is 22.8. The van der Waals surface area contributed by atoms with Gasteiger partial charge in [-0.05, 0) is 118 Å². The second-order valence-electron chi connectivity index (χ2n) is 16.3. The Hall–Kier alpha value is -4.60. The van der Waals surface area contributed by atoms with Gasteiger partial charge in [-0.25, -0.2) is 0 Å². The molecule has 2 aromatic carbocycles. The minimum atomic E-state index is 0.0454. The maximum absolute atomic E-state index is 6.13. The van der Waals surface area contributed by atoms with Crippen LogP contribution >= 0.6 is 0 Å². The average molecular weight is 723 g/mol. The van der Waals surface area contributed by atoms with Crippen molar-refractivity contribution in [2.75, 3.05) is 13.2 Å². The molecule has 0 amide bonds. The van der Waals surface area contributed by atoms with Crippen molar-refractivity contribution in [3.63, 3.8) is 0 Å². The summed E-state index contributed by atoms with van der Waals surface area (Å²) in [5.41, 5.74) is 4.30. The summed E-state index contributed by atoms with van der Waals surface area (Å²) in [6.45, 7) is 14.6. The Bertz CT molecular complexity index is 1600. The molecular formula is C52H66O2. The minimum Gasteiger partial charge on any atom is -0.492 e. The topological polar surface area (TPSA) is 18.5 Å². The lowest BCUT2D eigenvalue weighted by atomic mass is 9.86. The summed E-state index contributed by atoms with van der Waals surface area (Å²) < 4.78 is 12.3. The molecule has 0 atom stereocenters. The summed E-state index contributed by atoms with van der Waals surface area (Å²) in [5, 5.41) is 0. The Balaban J connectivity index is 1.44. The Morgan fingerprint density at radius 1 is 0.407 bits per heavy atom. The third kappa shape index (κ3) is 20.6. The van der Waals surface area contributed by atoms with Crippen LogP contribution in [0.3, 0.4) is 0 Å². The first-order valence-electron chi connectivity index (χ1n) is 20.5. The molecule has 0 aliphatic heterocycles. The van der Waals surface area contributed by atoms with Crippen molar-refractivity contribution in [3.8, 4) is 83.6 Å². The van der Waals surface area contributed by atoms with Crippen molar-refractivity contribution in [1.82, 2.24) is 0 Å². The molecule has 0 saturated carbocycles. The first-order chi connectivity index (χ1) is 26.1. The maximum Gasteiger partial charge on any atom is 0.134 e. The summed E-state index contributed by atoms with van der Waals surface area (Å²) >= 11 is 0. The molecule has 0 bridgehead atoms. The molecule has 2 rings (SSSR count). The molecule has 0 N–H and O–H groups in total. The molecule has 0 radical (unpaired) electrons. The monoisotopic (exact) mass is 723 g/mol. The fraction of sp³-hybridized carbons (Fsp3) is 0.538. The van der Waals surface area contributed by atoms with Gasteiger partial charge < -0.3 is 9.47 Å². The molecule has 2 aromatic rings. The molecule has 286 valence electrons. The fourth-order valence-corrected chi connectivity index (χ4v) is 6.17. The van der Waals surface area contributed by atoms with Crippen molar-refractivity contribution >= 4 is 0 Å². The van der Waals surface area contributed by atoms with E-state index in [0.29, 0.717) is 13.2 Å². The zero-order chi connectivity index (χ0) is 39.3. The molecule has 0 unspecified atom stereocenters. The quantitative estimate of drug-likeness (QED) is 0.0840. The van der Waals surface area contributed by atoms with Crippen molar-refractivity contribution in [2.45, 2.75) is 168 Å². The highest BCUT2D eigenvalue weighted by molar-refractivity contribution is 5.53. The second-order valence-corrected chi connectivity index (χ2v) is 16.3. The zero-order valence-electron chi connectivity index (χ0n) is 34.6. The molecule has 54 heavy (non-hydrogen) atoms. The summed E-state index contributed by atoms with van der Waals surface area (Å²) in [7, 11) is 0. The number of hydrogen-bond acceptors (Lipinski definition) is 2. The van der Waals surface area contributed by atoms with Gasteiger partial charge in [0.05, 0.1) is 24.3 Å². The van der Waals surface area contributed by atoms with Crippen molar-refractivity contribution in [2.24, 2.45) is 0 Å². The van der Waals surface area contributed by atoms with Crippen LogP contribution in [0.15, 0.2) is 36.4 Å². The number of unbranched alkanes of at least 4 members (excludes halogenated alkanes) is 17. The number of rotatable bonds is 23. The molecular weight excluding hydrogens is 657 g/mol. The third-order valence-corrected chi connectivity index (χ3v) is 9.53. The van der Waals surface area contributed by atoms with Crippen molar-refractivity contribution in [3.05, 3.63) is 58.7 Å². The molecule has 0 heterocycles. The van der Waals surface area contributed by atoms with E-state index in [2.05, 4.69) is 125 Å². The average Bonchev–Trinajstić information content (AvgIpc) is 3.13. The first-order valence-corrected chi connectivity index (χ1v) is 20.5. The van der Waals surface area contributed by atoms with Crippen LogP contribution in [0.5, 0.6) is 11.5 Å². The Morgan fingerprint density at radius 3 is 0.981 bits per heavy atom. The summed E-state index contributed by atoms with van der Waals surface area (Å²) in [5.74, 6) is 28.8. The van der Waals surface area contributed by atoms with Crippen molar-refractivity contribution < 1.29 is 9.47 Å². The Morgan fingerprint density at radius 2 is 0.704 bits per heavy atom. The maximum atomic E-state index is 6.13. The molecule has 0 saturated heterocycles. The lowest BCUT2D eigenvalue weighted by molar-refractivity contribution is 0.303. The SMILES string of the molecule is C#CC#CC#Cc1cc(C(C)(C)C)ccc1OCCCCCCCCCCCCCCCCCCCCOc1ccc(C(C)(C)C)cc1C#CC#CC#C. The largest absolute Gasteiger partial charge is 0.492 e. The highest BCUT2D eigenvalue weighted by Gasteiger charge is 2.17. The molecule has 0 aliphatic carbocycles. The second kappa shape index (κ2) is 27.1. The lowest BCUT2D eigenvalue weighted by Gasteiger charge is -2.20. The van der Waals surface area contributed by atoms with Crippen molar-refractivity contribution in [1.29, 1.82) is 0 Å². The van der Waals surface area contributed by atoms with E-state index in [1.54, 1.807) is 0 Å². The number of terminal acetylenes is 2. The van der Waals surface area contributed by atoms with E-state index in [9.17, 15) is 0 Å². The van der Waals surface area contributed by atoms with E-state index < -0.39 is 0 Å². The van der Waals surface area contributed by atoms with Crippen LogP contribution in [-0.2, 0) is 10.8 Å². The third-order valence-electron chi connectivity index (χ3n) is 9.53. The van der Waals surface area contributed by atoms with E-state index in [0.717, 1.165) is 35.5 Å². The van der Waals surface area contributed by atoms with Gasteiger partial charge in [0.15, 0.2) is 0 Å². The van der Waals surface area contributed by atoms with Gasteiger partial charge in [0.2, 0.25) is 0 Å². The van der Waals surface area contributed by atoms with Gasteiger partial charge >= 0.3 is 0 Å². The van der Waals surface area contributed by atoms with E-state index >= 15 is 0 Å². The molecule has 2 heteroatoms. The van der Waals surface area contributed by atoms with Gasteiger partial charge in [0, 0.05) is 0 Å². The van der Waals surface area contributed by atoms with E-state index in [1.807, 2.05) is 12.1 Å². The first kappa shape index (κ1) is 45.6. The number of benzene rings is 2. The van der Waals surface area contributed by atoms with Crippen LogP contribution in [0.2, 0.25) is 0 Å². The van der Waals surface area contributed by atoms with Gasteiger partial charge in [0.1, 0.15) is 11.5 Å². The van der Waals surface area contributed by atoms with Gasteiger partial charge in [-0.2, -0.15) is 0 Å². The van der Waals surface area contributed by atoms with E-state index in [-0.39, 0.29) is 10.8 Å². The van der Waals surface area contributed by atoms with Crippen LogP contribution in [-0.4, -0.2) is 13.2 Å². The normalized spacial score (nSPS) is 10.5. The summed E-state index contributed by atoms with van der Waals surface area (Å²) in [6.07, 6.45) is 33.9.